The third kappa shape index (κ3) is 4.00. The highest BCUT2D eigenvalue weighted by Crippen LogP contribution is 2.34. The fourth-order valence-corrected chi connectivity index (χ4v) is 2.97. The normalized spacial score (nSPS) is 22.0. The van der Waals surface area contributed by atoms with Gasteiger partial charge in [0.05, 0.1) is 23.1 Å². The second-order valence-corrected chi connectivity index (χ2v) is 6.21. The van der Waals surface area contributed by atoms with Crippen molar-refractivity contribution in [2.24, 2.45) is 5.92 Å². The zero-order valence-electron chi connectivity index (χ0n) is 14.2. The van der Waals surface area contributed by atoms with E-state index >= 15 is 0 Å². The van der Waals surface area contributed by atoms with Gasteiger partial charge in [-0.25, -0.2) is 9.59 Å². The lowest BCUT2D eigenvalue weighted by Crippen LogP contribution is -2.27. The molecular formula is C21H20O5. The summed E-state index contributed by atoms with van der Waals surface area (Å²) >= 11 is 0. The Morgan fingerprint density at radius 3 is 2.08 bits per heavy atom. The Morgan fingerprint density at radius 2 is 1.50 bits per heavy atom. The largest absolute Gasteiger partial charge is 0.461 e. The molecule has 1 aliphatic rings. The predicted octanol–water partition coefficient (Wildman–Crippen LogP) is 3.01. The van der Waals surface area contributed by atoms with Crippen molar-refractivity contribution in [3.63, 3.8) is 0 Å². The molecule has 26 heavy (non-hydrogen) atoms. The third-order valence-electron chi connectivity index (χ3n) is 4.48. The van der Waals surface area contributed by atoms with Crippen LogP contribution in [0.1, 0.15) is 27.1 Å². The SMILES string of the molecule is C=C1[C@H](O)C[C@H](OC(=O)c2ccccc2)[C@H]1COC(=O)c1ccccc1. The van der Waals surface area contributed by atoms with Crippen LogP contribution in [0.4, 0.5) is 0 Å². The average Bonchev–Trinajstić information content (AvgIpc) is 2.94. The van der Waals surface area contributed by atoms with E-state index in [-0.39, 0.29) is 13.0 Å². The van der Waals surface area contributed by atoms with Gasteiger partial charge in [-0.1, -0.05) is 43.0 Å². The molecule has 0 bridgehead atoms. The van der Waals surface area contributed by atoms with Gasteiger partial charge in [0, 0.05) is 6.42 Å². The van der Waals surface area contributed by atoms with Gasteiger partial charge in [-0.15, -0.1) is 0 Å². The monoisotopic (exact) mass is 352 g/mol. The van der Waals surface area contributed by atoms with Gasteiger partial charge in [-0.05, 0) is 29.8 Å². The van der Waals surface area contributed by atoms with Gasteiger partial charge in [0.1, 0.15) is 12.7 Å². The van der Waals surface area contributed by atoms with E-state index in [2.05, 4.69) is 6.58 Å². The van der Waals surface area contributed by atoms with Gasteiger partial charge in [0.2, 0.25) is 0 Å². The third-order valence-corrected chi connectivity index (χ3v) is 4.48. The molecule has 0 amide bonds. The van der Waals surface area contributed by atoms with E-state index in [1.54, 1.807) is 48.5 Å². The van der Waals surface area contributed by atoms with Crippen molar-refractivity contribution in [1.82, 2.24) is 0 Å². The first-order chi connectivity index (χ1) is 12.6. The molecule has 0 aromatic heterocycles. The van der Waals surface area contributed by atoms with Gasteiger partial charge in [0.15, 0.2) is 0 Å². The molecule has 3 rings (SSSR count). The van der Waals surface area contributed by atoms with E-state index in [0.29, 0.717) is 16.7 Å². The molecule has 0 radical (unpaired) electrons. The van der Waals surface area contributed by atoms with Crippen LogP contribution >= 0.6 is 0 Å². The van der Waals surface area contributed by atoms with Crippen LogP contribution in [0, 0.1) is 5.92 Å². The number of rotatable bonds is 5. The van der Waals surface area contributed by atoms with Crippen LogP contribution in [0.25, 0.3) is 0 Å². The van der Waals surface area contributed by atoms with E-state index in [1.807, 2.05) is 12.1 Å². The van der Waals surface area contributed by atoms with Crippen molar-refractivity contribution in [1.29, 1.82) is 0 Å². The Hall–Kier alpha value is -2.92. The molecule has 0 aliphatic heterocycles. The first-order valence-corrected chi connectivity index (χ1v) is 8.41. The number of carbonyl (C=O) groups excluding carboxylic acids is 2. The highest BCUT2D eigenvalue weighted by molar-refractivity contribution is 5.90. The zero-order chi connectivity index (χ0) is 18.5. The smallest absolute Gasteiger partial charge is 0.338 e. The van der Waals surface area contributed by atoms with Crippen LogP contribution in [-0.2, 0) is 9.47 Å². The average molecular weight is 352 g/mol. The van der Waals surface area contributed by atoms with Gasteiger partial charge in [-0.3, -0.25) is 0 Å². The summed E-state index contributed by atoms with van der Waals surface area (Å²) < 4.78 is 10.9. The number of hydrogen-bond acceptors (Lipinski definition) is 5. The minimum atomic E-state index is -0.788. The topological polar surface area (TPSA) is 72.8 Å². The Morgan fingerprint density at radius 1 is 0.962 bits per heavy atom. The maximum absolute atomic E-state index is 12.3. The molecular weight excluding hydrogens is 332 g/mol. The lowest BCUT2D eigenvalue weighted by molar-refractivity contribution is 0.00723. The van der Waals surface area contributed by atoms with Crippen LogP contribution < -0.4 is 0 Å². The first kappa shape index (κ1) is 17.9. The molecule has 1 saturated carbocycles. The number of aliphatic hydroxyl groups excluding tert-OH is 1. The number of hydrogen-bond donors (Lipinski definition) is 1. The minimum absolute atomic E-state index is 0.00361. The first-order valence-electron chi connectivity index (χ1n) is 8.41. The molecule has 1 fully saturated rings. The van der Waals surface area contributed by atoms with Crippen LogP contribution in [-0.4, -0.2) is 35.9 Å². The number of esters is 2. The maximum Gasteiger partial charge on any atom is 0.338 e. The molecule has 3 atom stereocenters. The van der Waals surface area contributed by atoms with E-state index < -0.39 is 30.1 Å². The van der Waals surface area contributed by atoms with Gasteiger partial charge >= 0.3 is 11.9 Å². The summed E-state index contributed by atoms with van der Waals surface area (Å²) in [5.74, 6) is -1.38. The maximum atomic E-state index is 12.3. The summed E-state index contributed by atoms with van der Waals surface area (Å²) in [7, 11) is 0. The highest BCUT2D eigenvalue weighted by atomic mass is 16.6. The van der Waals surface area contributed by atoms with Crippen LogP contribution in [0.15, 0.2) is 72.8 Å². The molecule has 5 heteroatoms. The summed E-state index contributed by atoms with van der Waals surface area (Å²) in [6.45, 7) is 3.86. The van der Waals surface area contributed by atoms with Crippen LogP contribution in [0.3, 0.4) is 0 Å². The minimum Gasteiger partial charge on any atom is -0.461 e. The summed E-state index contributed by atoms with van der Waals surface area (Å²) in [6, 6.07) is 17.3. The molecule has 2 aromatic carbocycles. The van der Waals surface area contributed by atoms with E-state index in [9.17, 15) is 14.7 Å². The van der Waals surface area contributed by atoms with Crippen molar-refractivity contribution in [3.8, 4) is 0 Å². The fourth-order valence-electron chi connectivity index (χ4n) is 2.97. The predicted molar refractivity (Wildman–Crippen MR) is 95.6 cm³/mol. The van der Waals surface area contributed by atoms with Gasteiger partial charge < -0.3 is 14.6 Å². The molecule has 134 valence electrons. The van der Waals surface area contributed by atoms with Crippen molar-refractivity contribution < 1.29 is 24.2 Å². The second-order valence-electron chi connectivity index (χ2n) is 6.21. The Kier molecular flexibility index (Phi) is 5.49. The summed E-state index contributed by atoms with van der Waals surface area (Å²) in [4.78, 5) is 24.4. The molecule has 5 nitrogen and oxygen atoms in total. The molecule has 0 heterocycles. The van der Waals surface area contributed by atoms with Crippen LogP contribution in [0.2, 0.25) is 0 Å². The molecule has 0 unspecified atom stereocenters. The molecule has 1 aliphatic carbocycles. The molecule has 1 N–H and O–H groups in total. The lowest BCUT2D eigenvalue weighted by atomic mass is 10.0. The number of aliphatic hydroxyl groups is 1. The van der Waals surface area contributed by atoms with E-state index in [4.69, 9.17) is 9.47 Å². The standard InChI is InChI=1S/C21H20O5/c1-14-17(13-25-20(23)15-8-4-2-5-9-15)19(12-18(14)22)26-21(24)16-10-6-3-7-11-16/h2-11,17-19,22H,1,12-13H2/t17-,18+,19-/m0/s1. The summed E-state index contributed by atoms with van der Waals surface area (Å²) in [5.41, 5.74) is 1.38. The Balaban J connectivity index is 1.65. The zero-order valence-corrected chi connectivity index (χ0v) is 14.2. The van der Waals surface area contributed by atoms with Crippen molar-refractivity contribution in [2.75, 3.05) is 6.61 Å². The van der Waals surface area contributed by atoms with E-state index in [1.165, 1.54) is 0 Å². The summed E-state index contributed by atoms with van der Waals surface area (Å²) in [6.07, 6.45) is -1.14. The Bertz CT molecular complexity index is 785. The van der Waals surface area contributed by atoms with Crippen molar-refractivity contribution in [3.05, 3.63) is 83.9 Å². The molecule has 0 spiro atoms. The van der Waals surface area contributed by atoms with E-state index in [0.717, 1.165) is 0 Å². The lowest BCUT2D eigenvalue weighted by Gasteiger charge is -2.20. The van der Waals surface area contributed by atoms with Gasteiger partial charge in [-0.2, -0.15) is 0 Å². The molecule has 0 saturated heterocycles. The summed E-state index contributed by atoms with van der Waals surface area (Å²) in [5, 5.41) is 10.1. The molecule has 2 aromatic rings. The fraction of sp³-hybridized carbons (Fsp3) is 0.238. The number of benzene rings is 2. The quantitative estimate of drug-likeness (QED) is 0.661. The second kappa shape index (κ2) is 7.97. The van der Waals surface area contributed by atoms with Crippen molar-refractivity contribution in [2.45, 2.75) is 18.6 Å². The highest BCUT2D eigenvalue weighted by Gasteiger charge is 2.40. The number of carbonyl (C=O) groups is 2. The van der Waals surface area contributed by atoms with Gasteiger partial charge in [0.25, 0.3) is 0 Å². The van der Waals surface area contributed by atoms with Crippen molar-refractivity contribution >= 4 is 11.9 Å². The number of ether oxygens (including phenoxy) is 2. The Labute approximate surface area is 151 Å². The van der Waals surface area contributed by atoms with Crippen LogP contribution in [0.5, 0.6) is 0 Å².